The van der Waals surface area contributed by atoms with E-state index in [0.29, 0.717) is 34.9 Å². The lowest BCUT2D eigenvalue weighted by atomic mass is 10.1. The van der Waals surface area contributed by atoms with Crippen LogP contribution in [0.3, 0.4) is 0 Å². The van der Waals surface area contributed by atoms with Crippen molar-refractivity contribution in [2.75, 3.05) is 21.9 Å². The minimum absolute atomic E-state index is 0.134. The van der Waals surface area contributed by atoms with Gasteiger partial charge in [0.05, 0.1) is 16.5 Å². The van der Waals surface area contributed by atoms with Gasteiger partial charge in [-0.05, 0) is 43.2 Å². The van der Waals surface area contributed by atoms with Crippen LogP contribution >= 0.6 is 11.6 Å². The number of nitrogens with one attached hydrogen (secondary N) is 1. The molecule has 5 nitrogen and oxygen atoms in total. The second-order valence-electron chi connectivity index (χ2n) is 5.68. The van der Waals surface area contributed by atoms with Crippen molar-refractivity contribution in [3.05, 3.63) is 58.6 Å². The maximum Gasteiger partial charge on any atom is 0.255 e. The molecule has 1 aliphatic rings. The Balaban J connectivity index is 1.83. The molecule has 0 atom stereocenters. The van der Waals surface area contributed by atoms with Crippen LogP contribution in [0.5, 0.6) is 0 Å². The summed E-state index contributed by atoms with van der Waals surface area (Å²) in [4.78, 5) is 12.3. The average molecular weight is 365 g/mol. The van der Waals surface area contributed by atoms with E-state index in [0.717, 1.165) is 5.56 Å². The van der Waals surface area contributed by atoms with Crippen molar-refractivity contribution in [2.24, 2.45) is 0 Å². The van der Waals surface area contributed by atoms with Crippen LogP contribution in [0.25, 0.3) is 0 Å². The summed E-state index contributed by atoms with van der Waals surface area (Å²) in [6.45, 7) is 2.29. The predicted molar refractivity (Wildman–Crippen MR) is 96.3 cm³/mol. The van der Waals surface area contributed by atoms with E-state index >= 15 is 0 Å². The van der Waals surface area contributed by atoms with Gasteiger partial charge in [-0.2, -0.15) is 0 Å². The van der Waals surface area contributed by atoms with Crippen LogP contribution in [0.4, 0.5) is 11.4 Å². The zero-order valence-corrected chi connectivity index (χ0v) is 14.7. The molecule has 7 heteroatoms. The first-order chi connectivity index (χ1) is 11.4. The number of carbonyl (C=O) groups is 1. The molecular weight excluding hydrogens is 348 g/mol. The standard InChI is InChI=1S/C17H17ClN2O3S/c1-12-5-2-3-6-14(12)17(21)19-13-7-8-16(15(18)11-13)20-9-4-10-24(20,22)23/h2-3,5-8,11H,4,9-10H2,1H3,(H,19,21). The van der Waals surface area contributed by atoms with Crippen LogP contribution < -0.4 is 9.62 Å². The van der Waals surface area contributed by atoms with Crippen LogP contribution in [0.2, 0.25) is 5.02 Å². The van der Waals surface area contributed by atoms with Crippen molar-refractivity contribution in [1.82, 2.24) is 0 Å². The Morgan fingerprint density at radius 2 is 1.96 bits per heavy atom. The third-order valence-corrected chi connectivity index (χ3v) is 6.12. The molecule has 1 fully saturated rings. The van der Waals surface area contributed by atoms with Gasteiger partial charge in [0.1, 0.15) is 0 Å². The molecule has 1 aliphatic heterocycles. The molecule has 0 saturated carbocycles. The molecule has 1 heterocycles. The topological polar surface area (TPSA) is 66.5 Å². The summed E-state index contributed by atoms with van der Waals surface area (Å²) in [5.41, 5.74) is 2.43. The molecule has 3 rings (SSSR count). The second-order valence-corrected chi connectivity index (χ2v) is 8.10. The van der Waals surface area contributed by atoms with Gasteiger partial charge < -0.3 is 5.32 Å². The summed E-state index contributed by atoms with van der Waals surface area (Å²) in [7, 11) is -3.29. The maximum absolute atomic E-state index is 12.3. The number of hydrogen-bond donors (Lipinski definition) is 1. The SMILES string of the molecule is Cc1ccccc1C(=O)Nc1ccc(N2CCCS2(=O)=O)c(Cl)c1. The molecule has 2 aromatic rings. The van der Waals surface area contributed by atoms with Gasteiger partial charge >= 0.3 is 0 Å². The van der Waals surface area contributed by atoms with Crippen LogP contribution in [0.15, 0.2) is 42.5 Å². The van der Waals surface area contributed by atoms with Gasteiger partial charge in [-0.3, -0.25) is 9.10 Å². The number of amides is 1. The third kappa shape index (κ3) is 3.25. The first-order valence-electron chi connectivity index (χ1n) is 7.55. The molecule has 0 aliphatic carbocycles. The van der Waals surface area contributed by atoms with E-state index in [9.17, 15) is 13.2 Å². The van der Waals surface area contributed by atoms with E-state index in [-0.39, 0.29) is 11.7 Å². The lowest BCUT2D eigenvalue weighted by Crippen LogP contribution is -2.25. The highest BCUT2D eigenvalue weighted by molar-refractivity contribution is 7.93. The highest BCUT2D eigenvalue weighted by Gasteiger charge is 2.29. The zero-order chi connectivity index (χ0) is 17.3. The summed E-state index contributed by atoms with van der Waals surface area (Å²) < 4.78 is 25.3. The van der Waals surface area contributed by atoms with Crippen LogP contribution in [0, 0.1) is 6.92 Å². The van der Waals surface area contributed by atoms with Crippen molar-refractivity contribution < 1.29 is 13.2 Å². The Labute approximate surface area is 146 Å². The summed E-state index contributed by atoms with van der Waals surface area (Å²) in [6.07, 6.45) is 0.588. The summed E-state index contributed by atoms with van der Waals surface area (Å²) in [6, 6.07) is 12.1. The number of rotatable bonds is 3. The van der Waals surface area contributed by atoms with Gasteiger partial charge in [-0.1, -0.05) is 29.8 Å². The van der Waals surface area contributed by atoms with Gasteiger partial charge in [0.25, 0.3) is 5.91 Å². The number of aryl methyl sites for hydroxylation is 1. The van der Waals surface area contributed by atoms with E-state index in [1.807, 2.05) is 19.1 Å². The first kappa shape index (κ1) is 16.8. The lowest BCUT2D eigenvalue weighted by molar-refractivity contribution is 0.102. The highest BCUT2D eigenvalue weighted by Crippen LogP contribution is 2.33. The normalized spacial score (nSPS) is 16.2. The van der Waals surface area contributed by atoms with Crippen molar-refractivity contribution in [3.8, 4) is 0 Å². The number of benzene rings is 2. The summed E-state index contributed by atoms with van der Waals surface area (Å²) >= 11 is 6.24. The number of halogens is 1. The smallest absolute Gasteiger partial charge is 0.255 e. The minimum atomic E-state index is -3.29. The molecule has 0 spiro atoms. The Bertz CT molecular complexity index is 896. The largest absolute Gasteiger partial charge is 0.322 e. The monoisotopic (exact) mass is 364 g/mol. The average Bonchev–Trinajstić information content (AvgIpc) is 2.87. The van der Waals surface area contributed by atoms with Gasteiger partial charge in [-0.15, -0.1) is 0 Å². The van der Waals surface area contributed by atoms with Crippen molar-refractivity contribution in [3.63, 3.8) is 0 Å². The molecular formula is C17H17ClN2O3S. The number of hydrogen-bond acceptors (Lipinski definition) is 3. The fourth-order valence-corrected chi connectivity index (χ4v) is 4.64. The van der Waals surface area contributed by atoms with Gasteiger partial charge in [0.2, 0.25) is 10.0 Å². The molecule has 126 valence electrons. The van der Waals surface area contributed by atoms with Crippen LogP contribution in [-0.4, -0.2) is 26.6 Å². The predicted octanol–water partition coefficient (Wildman–Crippen LogP) is 3.44. The Morgan fingerprint density at radius 3 is 2.58 bits per heavy atom. The zero-order valence-electron chi connectivity index (χ0n) is 13.1. The fraction of sp³-hybridized carbons (Fsp3) is 0.235. The quantitative estimate of drug-likeness (QED) is 0.907. The highest BCUT2D eigenvalue weighted by atomic mass is 35.5. The molecule has 0 aromatic heterocycles. The number of carbonyl (C=O) groups excluding carboxylic acids is 1. The van der Waals surface area contributed by atoms with Crippen molar-refractivity contribution >= 4 is 38.9 Å². The van der Waals surface area contributed by atoms with E-state index in [2.05, 4.69) is 5.32 Å². The Hall–Kier alpha value is -2.05. The lowest BCUT2D eigenvalue weighted by Gasteiger charge is -2.19. The molecule has 1 N–H and O–H groups in total. The molecule has 24 heavy (non-hydrogen) atoms. The number of nitrogens with zero attached hydrogens (tertiary/aromatic N) is 1. The molecule has 1 saturated heterocycles. The maximum atomic E-state index is 12.3. The van der Waals surface area contributed by atoms with Gasteiger partial charge in [0, 0.05) is 17.8 Å². The van der Waals surface area contributed by atoms with Gasteiger partial charge in [0.15, 0.2) is 0 Å². The third-order valence-electron chi connectivity index (χ3n) is 3.96. The molecule has 0 radical (unpaired) electrons. The second kappa shape index (κ2) is 6.45. The van der Waals surface area contributed by atoms with E-state index in [4.69, 9.17) is 11.6 Å². The summed E-state index contributed by atoms with van der Waals surface area (Å²) in [5, 5.41) is 3.08. The van der Waals surface area contributed by atoms with Crippen LogP contribution in [0.1, 0.15) is 22.3 Å². The molecule has 0 bridgehead atoms. The Morgan fingerprint density at radius 1 is 1.21 bits per heavy atom. The first-order valence-corrected chi connectivity index (χ1v) is 9.54. The van der Waals surface area contributed by atoms with E-state index in [1.54, 1.807) is 30.3 Å². The minimum Gasteiger partial charge on any atom is -0.322 e. The summed E-state index contributed by atoms with van der Waals surface area (Å²) in [5.74, 6) is -0.0968. The molecule has 2 aromatic carbocycles. The van der Waals surface area contributed by atoms with Crippen molar-refractivity contribution in [1.29, 1.82) is 0 Å². The molecule has 1 amide bonds. The Kier molecular flexibility index (Phi) is 4.51. The molecule has 0 unspecified atom stereocenters. The van der Waals surface area contributed by atoms with Crippen molar-refractivity contribution in [2.45, 2.75) is 13.3 Å². The number of sulfonamides is 1. The van der Waals surface area contributed by atoms with Gasteiger partial charge in [-0.25, -0.2) is 8.42 Å². The number of anilines is 2. The van der Waals surface area contributed by atoms with E-state index < -0.39 is 10.0 Å². The van der Waals surface area contributed by atoms with E-state index in [1.165, 1.54) is 4.31 Å². The van der Waals surface area contributed by atoms with Crippen LogP contribution in [-0.2, 0) is 10.0 Å². The fourth-order valence-electron chi connectivity index (χ4n) is 2.72.